The molecule has 0 aliphatic carbocycles. The summed E-state index contributed by atoms with van der Waals surface area (Å²) in [7, 11) is -7.02. The lowest BCUT2D eigenvalue weighted by atomic mass is 10.4. The maximum Gasteiger partial charge on any atom is 0.342 e. The van der Waals surface area contributed by atoms with E-state index in [0.717, 1.165) is 6.42 Å². The molecule has 0 unspecified atom stereocenters. The van der Waals surface area contributed by atoms with Crippen molar-refractivity contribution in [2.75, 3.05) is 11.5 Å². The molecule has 0 fully saturated rings. The summed E-state index contributed by atoms with van der Waals surface area (Å²) in [5.41, 5.74) is 5.21. The van der Waals surface area contributed by atoms with E-state index < -0.39 is 23.1 Å². The Bertz CT molecular complexity index is 324. The third-order valence-electron chi connectivity index (χ3n) is 2.00. The highest BCUT2D eigenvalue weighted by Crippen LogP contribution is 2.39. The summed E-state index contributed by atoms with van der Waals surface area (Å²) in [6.45, 7) is 1.93. The monoisotopic (exact) mass is 258 g/mol. The highest BCUT2D eigenvalue weighted by molar-refractivity contribution is 7.92. The summed E-state index contributed by atoms with van der Waals surface area (Å²) in [6.07, 6.45) is 1.46. The molecule has 0 aromatic carbocycles. The van der Waals surface area contributed by atoms with Crippen molar-refractivity contribution >= 4 is 17.3 Å². The third kappa shape index (κ3) is 7.03. The van der Waals surface area contributed by atoms with Crippen molar-refractivity contribution in [1.82, 2.24) is 0 Å². The van der Waals surface area contributed by atoms with E-state index in [1.807, 2.05) is 6.92 Å². The first-order valence-corrected chi connectivity index (χ1v) is 8.32. The number of nitrogens with one attached hydrogen (secondary N) is 1. The van der Waals surface area contributed by atoms with Gasteiger partial charge in [-0.15, -0.1) is 0 Å². The molecule has 0 amide bonds. The Labute approximate surface area is 90.4 Å². The molecular weight excluding hydrogens is 239 g/mol. The second-order valence-electron chi connectivity index (χ2n) is 3.52. The van der Waals surface area contributed by atoms with Crippen LogP contribution in [0.3, 0.4) is 0 Å². The van der Waals surface area contributed by atoms with Gasteiger partial charge in [-0.2, -0.15) is 0 Å². The van der Waals surface area contributed by atoms with Crippen molar-refractivity contribution < 1.29 is 18.6 Å². The van der Waals surface area contributed by atoms with Gasteiger partial charge in [-0.25, -0.2) is 4.21 Å². The molecule has 8 heteroatoms. The Morgan fingerprint density at radius 2 is 2.00 bits per heavy atom. The van der Waals surface area contributed by atoms with E-state index in [0.29, 0.717) is 6.42 Å². The average molecular weight is 258 g/mol. The summed E-state index contributed by atoms with van der Waals surface area (Å²) in [5, 5.41) is 0. The number of nitrogens with two attached hydrogens (primary N) is 1. The van der Waals surface area contributed by atoms with Gasteiger partial charge in [0.1, 0.15) is 5.78 Å². The van der Waals surface area contributed by atoms with Gasteiger partial charge in [0.25, 0.3) is 0 Å². The Morgan fingerprint density at radius 1 is 1.47 bits per heavy atom. The zero-order chi connectivity index (χ0) is 12.1. The van der Waals surface area contributed by atoms with E-state index in [1.54, 1.807) is 0 Å². The molecule has 0 aliphatic rings. The molecule has 92 valence electrons. The first kappa shape index (κ1) is 15.1. The lowest BCUT2D eigenvalue weighted by Crippen LogP contribution is -2.24. The first-order chi connectivity index (χ1) is 6.69. The quantitative estimate of drug-likeness (QED) is 0.500. The standard InChI is InChI=1S/C7H19N2O4PS/c1-2-3-5-15(9,13)6-4-7(8)14(10,11)12/h7,9H,2-6,8H2,1H3,(H2,10,11,12)/t7-,15-/m1/s1. The molecular formula is C7H19N2O4PS. The minimum absolute atomic E-state index is 0.0424. The summed E-state index contributed by atoms with van der Waals surface area (Å²) < 4.78 is 29.7. The Kier molecular flexibility index (Phi) is 5.98. The van der Waals surface area contributed by atoms with Crippen LogP contribution in [0.5, 0.6) is 0 Å². The van der Waals surface area contributed by atoms with Crippen LogP contribution >= 0.6 is 7.60 Å². The lowest BCUT2D eigenvalue weighted by Gasteiger charge is -2.14. The maximum absolute atomic E-state index is 11.5. The highest BCUT2D eigenvalue weighted by Gasteiger charge is 2.25. The number of hydrogen-bond acceptors (Lipinski definition) is 4. The molecule has 15 heavy (non-hydrogen) atoms. The van der Waals surface area contributed by atoms with Crippen molar-refractivity contribution in [3.05, 3.63) is 0 Å². The molecule has 0 aromatic heterocycles. The maximum atomic E-state index is 11.5. The van der Waals surface area contributed by atoms with Crippen LogP contribution in [-0.2, 0) is 14.3 Å². The van der Waals surface area contributed by atoms with Crippen LogP contribution in [0.4, 0.5) is 0 Å². The topological polar surface area (TPSA) is 124 Å². The van der Waals surface area contributed by atoms with Gasteiger partial charge < -0.3 is 15.5 Å². The van der Waals surface area contributed by atoms with E-state index in [4.69, 9.17) is 20.3 Å². The minimum Gasteiger partial charge on any atom is -0.323 e. The smallest absolute Gasteiger partial charge is 0.323 e. The van der Waals surface area contributed by atoms with Crippen LogP contribution < -0.4 is 5.73 Å². The van der Waals surface area contributed by atoms with Gasteiger partial charge >= 0.3 is 7.60 Å². The van der Waals surface area contributed by atoms with E-state index in [2.05, 4.69) is 0 Å². The number of unbranched alkanes of at least 4 members (excludes halogenated alkanes) is 1. The van der Waals surface area contributed by atoms with Gasteiger partial charge in [-0.1, -0.05) is 13.3 Å². The molecule has 0 radical (unpaired) electrons. The molecule has 0 rings (SSSR count). The van der Waals surface area contributed by atoms with Crippen LogP contribution in [0, 0.1) is 4.78 Å². The lowest BCUT2D eigenvalue weighted by molar-refractivity contribution is 0.357. The van der Waals surface area contributed by atoms with Crippen molar-refractivity contribution in [2.24, 2.45) is 5.73 Å². The van der Waals surface area contributed by atoms with Gasteiger partial charge in [0.05, 0.1) is 0 Å². The summed E-state index contributed by atoms with van der Waals surface area (Å²) in [4.78, 5) is 17.4. The molecule has 0 heterocycles. The first-order valence-electron chi connectivity index (χ1n) is 4.74. The Morgan fingerprint density at radius 3 is 2.40 bits per heavy atom. The van der Waals surface area contributed by atoms with Gasteiger partial charge in [0.15, 0.2) is 0 Å². The van der Waals surface area contributed by atoms with E-state index in [-0.39, 0.29) is 17.9 Å². The Hall–Kier alpha value is 0.0600. The molecule has 0 aliphatic heterocycles. The molecule has 0 aromatic rings. The fourth-order valence-electron chi connectivity index (χ4n) is 0.959. The summed E-state index contributed by atoms with van der Waals surface area (Å²) >= 11 is 0. The van der Waals surface area contributed by atoms with Crippen LogP contribution in [0.25, 0.3) is 0 Å². The van der Waals surface area contributed by atoms with Crippen molar-refractivity contribution in [1.29, 1.82) is 4.78 Å². The van der Waals surface area contributed by atoms with E-state index >= 15 is 0 Å². The second-order valence-corrected chi connectivity index (χ2v) is 7.80. The van der Waals surface area contributed by atoms with Gasteiger partial charge in [-0.05, 0) is 12.8 Å². The minimum atomic E-state index is -4.30. The van der Waals surface area contributed by atoms with Gasteiger partial charge in [0, 0.05) is 21.2 Å². The SMILES string of the molecule is CCCC[S@@](=N)(=O)CC[C@H](N)P(=O)(O)O. The van der Waals surface area contributed by atoms with Crippen LogP contribution in [0.1, 0.15) is 26.2 Å². The highest BCUT2D eigenvalue weighted by atomic mass is 32.2. The predicted molar refractivity (Wildman–Crippen MR) is 60.1 cm³/mol. The fourth-order valence-corrected chi connectivity index (χ4v) is 3.19. The third-order valence-corrected chi connectivity index (χ3v) is 4.97. The zero-order valence-electron chi connectivity index (χ0n) is 8.76. The summed E-state index contributed by atoms with van der Waals surface area (Å²) in [5.74, 6) is -1.07. The fraction of sp³-hybridized carbons (Fsp3) is 1.00. The van der Waals surface area contributed by atoms with Crippen molar-refractivity contribution in [3.8, 4) is 0 Å². The van der Waals surface area contributed by atoms with Gasteiger partial charge in [-0.3, -0.25) is 9.34 Å². The van der Waals surface area contributed by atoms with E-state index in [9.17, 15) is 8.77 Å². The zero-order valence-corrected chi connectivity index (χ0v) is 10.5. The van der Waals surface area contributed by atoms with E-state index in [1.165, 1.54) is 0 Å². The van der Waals surface area contributed by atoms with Gasteiger partial charge in [0.2, 0.25) is 0 Å². The molecule has 0 saturated carbocycles. The average Bonchev–Trinajstić information content (AvgIpc) is 2.09. The number of rotatable bonds is 7. The molecule has 0 bridgehead atoms. The number of hydrogen-bond donors (Lipinski definition) is 4. The Balaban J connectivity index is 4.10. The summed E-state index contributed by atoms with van der Waals surface area (Å²) in [6, 6.07) is 0. The van der Waals surface area contributed by atoms with Crippen LogP contribution in [0.2, 0.25) is 0 Å². The molecule has 2 atom stereocenters. The normalized spacial score (nSPS) is 18.4. The predicted octanol–water partition coefficient (Wildman–Crippen LogP) is 0.686. The van der Waals surface area contributed by atoms with Crippen LogP contribution in [-0.4, -0.2) is 31.3 Å². The van der Waals surface area contributed by atoms with Crippen LogP contribution in [0.15, 0.2) is 0 Å². The second kappa shape index (κ2) is 5.96. The molecule has 6 nitrogen and oxygen atoms in total. The van der Waals surface area contributed by atoms with Crippen molar-refractivity contribution in [2.45, 2.75) is 32.0 Å². The largest absolute Gasteiger partial charge is 0.342 e. The van der Waals surface area contributed by atoms with Crippen molar-refractivity contribution in [3.63, 3.8) is 0 Å². The molecule has 5 N–H and O–H groups in total. The molecule has 0 saturated heterocycles. The molecule has 0 spiro atoms.